The van der Waals surface area contributed by atoms with E-state index >= 15 is 0 Å². The van der Waals surface area contributed by atoms with Gasteiger partial charge in [0.25, 0.3) is 0 Å². The maximum atomic E-state index is 6.24. The molecule has 19 heavy (non-hydrogen) atoms. The van der Waals surface area contributed by atoms with Crippen LogP contribution in [0.5, 0.6) is 0 Å². The Bertz CT molecular complexity index is 407. The predicted octanol–water partition coefficient (Wildman–Crippen LogP) is 4.33. The summed E-state index contributed by atoms with van der Waals surface area (Å²) in [6.45, 7) is 7.23. The molecule has 0 aliphatic rings. The second-order valence-corrected chi connectivity index (χ2v) is 6.21. The monoisotopic (exact) mass is 303 g/mol. The van der Waals surface area contributed by atoms with Crippen molar-refractivity contribution in [3.63, 3.8) is 0 Å². The highest BCUT2D eigenvalue weighted by molar-refractivity contribution is 6.35. The molecule has 1 atom stereocenters. The molecule has 0 radical (unpaired) electrons. The molecule has 0 saturated heterocycles. The molecule has 108 valence electrons. The van der Waals surface area contributed by atoms with Crippen molar-refractivity contribution >= 4 is 23.2 Å². The van der Waals surface area contributed by atoms with Crippen LogP contribution in [0.4, 0.5) is 0 Å². The molecule has 4 heteroatoms. The van der Waals surface area contributed by atoms with Crippen molar-refractivity contribution in [2.75, 3.05) is 13.7 Å². The van der Waals surface area contributed by atoms with Crippen molar-refractivity contribution in [3.8, 4) is 0 Å². The summed E-state index contributed by atoms with van der Waals surface area (Å²) < 4.78 is 5.51. The summed E-state index contributed by atoms with van der Waals surface area (Å²) in [7, 11) is 1.75. The molecule has 1 aromatic rings. The van der Waals surface area contributed by atoms with Gasteiger partial charge < -0.3 is 10.1 Å². The number of hydrogen-bond acceptors (Lipinski definition) is 2. The highest BCUT2D eigenvalue weighted by Crippen LogP contribution is 2.24. The predicted molar refractivity (Wildman–Crippen MR) is 83.3 cm³/mol. The van der Waals surface area contributed by atoms with Crippen LogP contribution >= 0.6 is 23.2 Å². The molecule has 1 rings (SSSR count). The van der Waals surface area contributed by atoms with E-state index in [0.717, 1.165) is 30.0 Å². The minimum atomic E-state index is -0.147. The molecular formula is C15H23Cl2NO. The number of ether oxygens (including phenoxy) is 1. The largest absolute Gasteiger partial charge is 0.379 e. The van der Waals surface area contributed by atoms with Crippen molar-refractivity contribution in [2.24, 2.45) is 0 Å². The Morgan fingerprint density at radius 1 is 1.32 bits per heavy atom. The van der Waals surface area contributed by atoms with Gasteiger partial charge in [-0.05, 0) is 50.9 Å². The highest BCUT2D eigenvalue weighted by atomic mass is 35.5. The first-order valence-corrected chi connectivity index (χ1v) is 7.36. The first-order valence-electron chi connectivity index (χ1n) is 6.60. The molecule has 0 saturated carbocycles. The summed E-state index contributed by atoms with van der Waals surface area (Å²) in [5, 5.41) is 4.89. The van der Waals surface area contributed by atoms with E-state index < -0.39 is 0 Å². The fourth-order valence-electron chi connectivity index (χ4n) is 2.13. The summed E-state index contributed by atoms with van der Waals surface area (Å²) in [4.78, 5) is 0. The fraction of sp³-hybridized carbons (Fsp3) is 0.600. The Morgan fingerprint density at radius 3 is 2.53 bits per heavy atom. The number of halogens is 2. The quantitative estimate of drug-likeness (QED) is 0.809. The van der Waals surface area contributed by atoms with Crippen LogP contribution in [-0.2, 0) is 11.2 Å². The molecule has 1 unspecified atom stereocenters. The van der Waals surface area contributed by atoms with E-state index in [0.29, 0.717) is 11.1 Å². The van der Waals surface area contributed by atoms with Gasteiger partial charge in [-0.15, -0.1) is 0 Å². The molecule has 0 aliphatic heterocycles. The second kappa shape index (κ2) is 7.49. The van der Waals surface area contributed by atoms with Gasteiger partial charge >= 0.3 is 0 Å². The van der Waals surface area contributed by atoms with Gasteiger partial charge in [-0.2, -0.15) is 0 Å². The Balaban J connectivity index is 2.77. The van der Waals surface area contributed by atoms with Crippen LogP contribution in [0.2, 0.25) is 10.0 Å². The molecule has 0 aromatic heterocycles. The lowest BCUT2D eigenvalue weighted by molar-refractivity contribution is 0.00727. The normalized spacial score (nSPS) is 13.6. The van der Waals surface area contributed by atoms with Gasteiger partial charge in [0.1, 0.15) is 0 Å². The lowest BCUT2D eigenvalue weighted by Crippen LogP contribution is -2.39. The Labute approximate surface area is 126 Å². The van der Waals surface area contributed by atoms with Gasteiger partial charge in [0.05, 0.1) is 5.60 Å². The van der Waals surface area contributed by atoms with E-state index in [1.165, 1.54) is 0 Å². The highest BCUT2D eigenvalue weighted by Gasteiger charge is 2.23. The van der Waals surface area contributed by atoms with Gasteiger partial charge in [0, 0.05) is 23.2 Å². The van der Waals surface area contributed by atoms with Crippen LogP contribution in [0.15, 0.2) is 18.2 Å². The summed E-state index contributed by atoms with van der Waals surface area (Å²) in [6.07, 6.45) is 1.80. The number of benzene rings is 1. The molecule has 1 aromatic carbocycles. The maximum Gasteiger partial charge on any atom is 0.0637 e. The van der Waals surface area contributed by atoms with Crippen molar-refractivity contribution in [2.45, 2.75) is 45.3 Å². The summed E-state index contributed by atoms with van der Waals surface area (Å²) in [6, 6.07) is 6.00. The van der Waals surface area contributed by atoms with Crippen molar-refractivity contribution < 1.29 is 4.74 Å². The van der Waals surface area contributed by atoms with Gasteiger partial charge in [-0.25, -0.2) is 0 Å². The van der Waals surface area contributed by atoms with Crippen LogP contribution in [0.3, 0.4) is 0 Å². The van der Waals surface area contributed by atoms with Crippen molar-refractivity contribution in [1.29, 1.82) is 0 Å². The number of hydrogen-bond donors (Lipinski definition) is 1. The SMILES string of the molecule is CCNC(Cc1ccc(Cl)cc1Cl)CC(C)(C)OC. The maximum absolute atomic E-state index is 6.24. The summed E-state index contributed by atoms with van der Waals surface area (Å²) in [5.74, 6) is 0. The fourth-order valence-corrected chi connectivity index (χ4v) is 2.62. The zero-order chi connectivity index (χ0) is 14.5. The molecule has 0 fully saturated rings. The van der Waals surface area contributed by atoms with E-state index in [1.807, 2.05) is 12.1 Å². The van der Waals surface area contributed by atoms with E-state index in [2.05, 4.69) is 26.1 Å². The van der Waals surface area contributed by atoms with Gasteiger partial charge in [0.15, 0.2) is 0 Å². The number of methoxy groups -OCH3 is 1. The first-order chi connectivity index (χ1) is 8.88. The van der Waals surface area contributed by atoms with Crippen LogP contribution in [-0.4, -0.2) is 25.3 Å². The molecule has 1 N–H and O–H groups in total. The number of nitrogens with one attached hydrogen (secondary N) is 1. The zero-order valence-corrected chi connectivity index (χ0v) is 13.6. The van der Waals surface area contributed by atoms with Crippen LogP contribution in [0.25, 0.3) is 0 Å². The molecule has 2 nitrogen and oxygen atoms in total. The first kappa shape index (κ1) is 16.8. The third-order valence-corrected chi connectivity index (χ3v) is 3.85. The second-order valence-electron chi connectivity index (χ2n) is 5.36. The summed E-state index contributed by atoms with van der Waals surface area (Å²) >= 11 is 12.2. The summed E-state index contributed by atoms with van der Waals surface area (Å²) in [5.41, 5.74) is 0.968. The molecule has 0 spiro atoms. The van der Waals surface area contributed by atoms with E-state index in [9.17, 15) is 0 Å². The van der Waals surface area contributed by atoms with Gasteiger partial charge in [-0.1, -0.05) is 36.2 Å². The average Bonchev–Trinajstić information content (AvgIpc) is 2.32. The Morgan fingerprint density at radius 2 is 2.00 bits per heavy atom. The average molecular weight is 304 g/mol. The van der Waals surface area contributed by atoms with Crippen LogP contribution in [0.1, 0.15) is 32.8 Å². The van der Waals surface area contributed by atoms with Gasteiger partial charge in [-0.3, -0.25) is 0 Å². The van der Waals surface area contributed by atoms with Crippen molar-refractivity contribution in [1.82, 2.24) is 5.32 Å². The third-order valence-electron chi connectivity index (χ3n) is 3.26. The Hall–Kier alpha value is -0.280. The Kier molecular flexibility index (Phi) is 6.61. The van der Waals surface area contributed by atoms with Crippen LogP contribution < -0.4 is 5.32 Å². The molecule has 0 heterocycles. The van der Waals surface area contributed by atoms with Crippen LogP contribution in [0, 0.1) is 0 Å². The minimum Gasteiger partial charge on any atom is -0.379 e. The smallest absolute Gasteiger partial charge is 0.0637 e. The van der Waals surface area contributed by atoms with Gasteiger partial charge in [0.2, 0.25) is 0 Å². The molecule has 0 bridgehead atoms. The number of rotatable bonds is 7. The lowest BCUT2D eigenvalue weighted by Gasteiger charge is -2.29. The molecular weight excluding hydrogens is 281 g/mol. The number of likely N-dealkylation sites (N-methyl/N-ethyl adjacent to an activating group) is 1. The van der Waals surface area contributed by atoms with E-state index in [-0.39, 0.29) is 5.60 Å². The minimum absolute atomic E-state index is 0.147. The van der Waals surface area contributed by atoms with E-state index in [4.69, 9.17) is 27.9 Å². The molecule has 0 amide bonds. The van der Waals surface area contributed by atoms with Crippen molar-refractivity contribution in [3.05, 3.63) is 33.8 Å². The lowest BCUT2D eigenvalue weighted by atomic mass is 9.94. The molecule has 0 aliphatic carbocycles. The van der Waals surface area contributed by atoms with E-state index in [1.54, 1.807) is 13.2 Å². The standard InChI is InChI=1S/C15H23Cl2NO/c1-5-18-13(10-15(2,3)19-4)8-11-6-7-12(16)9-14(11)17/h6-7,9,13,18H,5,8,10H2,1-4H3. The topological polar surface area (TPSA) is 21.3 Å². The zero-order valence-electron chi connectivity index (χ0n) is 12.1. The third kappa shape index (κ3) is 5.70.